The standard InChI is InChI=1S/C19H27N3O3S/c1-19(2)14-21(26(24,25)17-6-4-3-5-7-17)13-16-12-20(10-11-22(16)19)18(23)15-8-9-15/h3-7,15-16H,8-14H2,1-2H3. The Morgan fingerprint density at radius 1 is 1.08 bits per heavy atom. The molecule has 2 heterocycles. The highest BCUT2D eigenvalue weighted by atomic mass is 32.2. The lowest BCUT2D eigenvalue weighted by atomic mass is 9.94. The summed E-state index contributed by atoms with van der Waals surface area (Å²) in [6.45, 7) is 7.30. The van der Waals surface area contributed by atoms with E-state index in [1.165, 1.54) is 0 Å². The molecule has 1 amide bonds. The molecule has 2 saturated heterocycles. The van der Waals surface area contributed by atoms with Gasteiger partial charge in [-0.05, 0) is 38.8 Å². The van der Waals surface area contributed by atoms with Gasteiger partial charge in [-0.15, -0.1) is 0 Å². The third kappa shape index (κ3) is 3.17. The zero-order valence-electron chi connectivity index (χ0n) is 15.5. The first-order chi connectivity index (χ1) is 12.3. The van der Waals surface area contributed by atoms with Crippen LogP contribution in [-0.4, -0.2) is 72.7 Å². The molecule has 4 rings (SSSR count). The van der Waals surface area contributed by atoms with E-state index in [1.54, 1.807) is 28.6 Å². The largest absolute Gasteiger partial charge is 0.340 e. The van der Waals surface area contributed by atoms with Crippen LogP contribution in [0.1, 0.15) is 26.7 Å². The third-order valence-electron chi connectivity index (χ3n) is 5.86. The summed E-state index contributed by atoms with van der Waals surface area (Å²) in [4.78, 5) is 17.2. The first kappa shape index (κ1) is 17.9. The Morgan fingerprint density at radius 3 is 2.42 bits per heavy atom. The first-order valence-electron chi connectivity index (χ1n) is 9.40. The summed E-state index contributed by atoms with van der Waals surface area (Å²) < 4.78 is 27.8. The molecule has 7 heteroatoms. The van der Waals surface area contributed by atoms with Gasteiger partial charge >= 0.3 is 0 Å². The minimum atomic E-state index is -3.52. The molecule has 1 atom stereocenters. The second-order valence-electron chi connectivity index (χ2n) is 8.33. The molecule has 26 heavy (non-hydrogen) atoms. The quantitative estimate of drug-likeness (QED) is 0.799. The zero-order chi connectivity index (χ0) is 18.5. The minimum Gasteiger partial charge on any atom is -0.340 e. The molecule has 3 aliphatic rings. The molecule has 1 aliphatic carbocycles. The van der Waals surface area contributed by atoms with Crippen LogP contribution >= 0.6 is 0 Å². The van der Waals surface area contributed by atoms with E-state index >= 15 is 0 Å². The molecular formula is C19H27N3O3S. The van der Waals surface area contributed by atoms with E-state index in [2.05, 4.69) is 18.7 Å². The Hall–Kier alpha value is -1.44. The number of fused-ring (bicyclic) bond motifs is 1. The number of hydrogen-bond donors (Lipinski definition) is 0. The molecular weight excluding hydrogens is 350 g/mol. The van der Waals surface area contributed by atoms with Gasteiger partial charge in [0.15, 0.2) is 0 Å². The number of rotatable bonds is 3. The van der Waals surface area contributed by atoms with Crippen LogP contribution in [0, 0.1) is 5.92 Å². The van der Waals surface area contributed by atoms with Crippen molar-refractivity contribution in [1.29, 1.82) is 0 Å². The Labute approximate surface area is 155 Å². The number of nitrogens with zero attached hydrogens (tertiary/aromatic N) is 3. The molecule has 0 spiro atoms. The van der Waals surface area contributed by atoms with E-state index in [-0.39, 0.29) is 23.4 Å². The summed E-state index contributed by atoms with van der Waals surface area (Å²) >= 11 is 0. The van der Waals surface area contributed by atoms with Crippen LogP contribution in [0.3, 0.4) is 0 Å². The molecule has 1 aromatic rings. The van der Waals surface area contributed by atoms with Crippen LogP contribution in [0.2, 0.25) is 0 Å². The molecule has 142 valence electrons. The summed E-state index contributed by atoms with van der Waals surface area (Å²) in [5.41, 5.74) is -0.251. The second kappa shape index (κ2) is 6.32. The summed E-state index contributed by atoms with van der Waals surface area (Å²) in [5, 5.41) is 0. The van der Waals surface area contributed by atoms with Crippen molar-refractivity contribution in [3.8, 4) is 0 Å². The third-order valence-corrected chi connectivity index (χ3v) is 7.68. The number of carbonyl (C=O) groups excluding carboxylic acids is 1. The predicted molar refractivity (Wildman–Crippen MR) is 99.1 cm³/mol. The van der Waals surface area contributed by atoms with E-state index in [0.29, 0.717) is 24.5 Å². The van der Waals surface area contributed by atoms with Crippen molar-refractivity contribution < 1.29 is 13.2 Å². The lowest BCUT2D eigenvalue weighted by molar-refractivity contribution is -0.138. The van der Waals surface area contributed by atoms with Crippen LogP contribution < -0.4 is 0 Å². The van der Waals surface area contributed by atoms with E-state index in [4.69, 9.17) is 0 Å². The van der Waals surface area contributed by atoms with Gasteiger partial charge in [-0.1, -0.05) is 18.2 Å². The summed E-state index contributed by atoms with van der Waals surface area (Å²) in [6.07, 6.45) is 2.01. The SMILES string of the molecule is CC1(C)CN(S(=O)(=O)c2ccccc2)CC2CN(C(=O)C3CC3)CCN21. The lowest BCUT2D eigenvalue weighted by Gasteiger charge is -2.55. The highest BCUT2D eigenvalue weighted by Gasteiger charge is 2.47. The number of benzene rings is 1. The second-order valence-corrected chi connectivity index (χ2v) is 10.3. The number of carbonyl (C=O) groups is 1. The van der Waals surface area contributed by atoms with Crippen LogP contribution in [0.5, 0.6) is 0 Å². The van der Waals surface area contributed by atoms with Crippen LogP contribution in [0.25, 0.3) is 0 Å². The van der Waals surface area contributed by atoms with Crippen molar-refractivity contribution in [2.24, 2.45) is 5.92 Å². The van der Waals surface area contributed by atoms with Crippen molar-refractivity contribution in [3.63, 3.8) is 0 Å². The number of hydrogen-bond acceptors (Lipinski definition) is 4. The monoisotopic (exact) mass is 377 g/mol. The maximum Gasteiger partial charge on any atom is 0.243 e. The molecule has 1 saturated carbocycles. The average molecular weight is 378 g/mol. The van der Waals surface area contributed by atoms with Crippen LogP contribution in [-0.2, 0) is 14.8 Å². The van der Waals surface area contributed by atoms with Gasteiger partial charge in [-0.2, -0.15) is 4.31 Å². The van der Waals surface area contributed by atoms with Crippen molar-refractivity contribution in [2.45, 2.75) is 43.2 Å². The highest BCUT2D eigenvalue weighted by Crippen LogP contribution is 2.35. The van der Waals surface area contributed by atoms with E-state index < -0.39 is 10.0 Å². The Balaban J connectivity index is 1.57. The fourth-order valence-electron chi connectivity index (χ4n) is 4.34. The molecule has 0 aromatic heterocycles. The van der Waals surface area contributed by atoms with E-state index in [0.717, 1.165) is 25.9 Å². The van der Waals surface area contributed by atoms with Crippen molar-refractivity contribution >= 4 is 15.9 Å². The molecule has 1 unspecified atom stereocenters. The fourth-order valence-corrected chi connectivity index (χ4v) is 6.00. The first-order valence-corrected chi connectivity index (χ1v) is 10.8. The normalized spacial score (nSPS) is 27.2. The molecule has 2 aliphatic heterocycles. The molecule has 6 nitrogen and oxygen atoms in total. The van der Waals surface area contributed by atoms with Gasteiger partial charge < -0.3 is 4.90 Å². The average Bonchev–Trinajstić information content (AvgIpc) is 3.46. The van der Waals surface area contributed by atoms with Crippen molar-refractivity contribution in [3.05, 3.63) is 30.3 Å². The molecule has 0 radical (unpaired) electrons. The number of amides is 1. The number of piperazine rings is 2. The van der Waals surface area contributed by atoms with Gasteiger partial charge in [0.05, 0.1) is 4.90 Å². The van der Waals surface area contributed by atoms with Gasteiger partial charge in [0.1, 0.15) is 0 Å². The zero-order valence-corrected chi connectivity index (χ0v) is 16.3. The van der Waals surface area contributed by atoms with Gasteiger partial charge in [-0.25, -0.2) is 8.42 Å². The lowest BCUT2D eigenvalue weighted by Crippen LogP contribution is -2.70. The van der Waals surface area contributed by atoms with E-state index in [1.807, 2.05) is 11.0 Å². The molecule has 0 bridgehead atoms. The number of sulfonamides is 1. The molecule has 1 aromatic carbocycles. The van der Waals surface area contributed by atoms with Crippen molar-refractivity contribution in [1.82, 2.24) is 14.1 Å². The van der Waals surface area contributed by atoms with Crippen LogP contribution in [0.4, 0.5) is 0 Å². The van der Waals surface area contributed by atoms with Crippen LogP contribution in [0.15, 0.2) is 35.2 Å². The Bertz CT molecular complexity index is 790. The summed E-state index contributed by atoms with van der Waals surface area (Å²) in [7, 11) is -3.52. The predicted octanol–water partition coefficient (Wildman–Crippen LogP) is 1.39. The van der Waals surface area contributed by atoms with Gasteiger partial charge in [-0.3, -0.25) is 9.69 Å². The maximum absolute atomic E-state index is 13.1. The smallest absolute Gasteiger partial charge is 0.243 e. The van der Waals surface area contributed by atoms with Crippen molar-refractivity contribution in [2.75, 3.05) is 32.7 Å². The molecule has 0 N–H and O–H groups in total. The maximum atomic E-state index is 13.1. The summed E-state index contributed by atoms with van der Waals surface area (Å²) in [5.74, 6) is 0.466. The molecule has 3 fully saturated rings. The van der Waals surface area contributed by atoms with Gasteiger partial charge in [0.25, 0.3) is 0 Å². The van der Waals surface area contributed by atoms with Gasteiger partial charge in [0, 0.05) is 50.2 Å². The Kier molecular flexibility index (Phi) is 4.36. The topological polar surface area (TPSA) is 60.9 Å². The highest BCUT2D eigenvalue weighted by molar-refractivity contribution is 7.89. The fraction of sp³-hybridized carbons (Fsp3) is 0.632. The minimum absolute atomic E-state index is 0.0497. The van der Waals surface area contributed by atoms with E-state index in [9.17, 15) is 13.2 Å². The summed E-state index contributed by atoms with van der Waals surface area (Å²) in [6, 6.07) is 8.68. The van der Waals surface area contributed by atoms with Gasteiger partial charge in [0.2, 0.25) is 15.9 Å². The Morgan fingerprint density at radius 2 is 1.77 bits per heavy atom.